The molecular formula is C16H13Br2NO4. The highest BCUT2D eigenvalue weighted by atomic mass is 79.9. The molecule has 120 valence electrons. The van der Waals surface area contributed by atoms with Crippen molar-refractivity contribution in [1.82, 2.24) is 0 Å². The quantitative estimate of drug-likeness (QED) is 0.726. The molecule has 7 heteroatoms. The van der Waals surface area contributed by atoms with E-state index in [2.05, 4.69) is 37.2 Å². The Hall–Kier alpha value is -1.86. The Morgan fingerprint density at radius 1 is 1.22 bits per heavy atom. The molecule has 0 atom stereocenters. The summed E-state index contributed by atoms with van der Waals surface area (Å²) >= 11 is 6.75. The van der Waals surface area contributed by atoms with Crippen LogP contribution in [0.25, 0.3) is 0 Å². The lowest BCUT2D eigenvalue weighted by Gasteiger charge is -2.12. The molecule has 2 aromatic carbocycles. The number of carbonyl (C=O) groups excluding carboxylic acids is 1. The molecule has 0 unspecified atom stereocenters. The van der Waals surface area contributed by atoms with Crippen LogP contribution in [0.5, 0.6) is 5.75 Å². The lowest BCUT2D eigenvalue weighted by atomic mass is 10.2. The second-order valence-corrected chi connectivity index (χ2v) is 6.49. The van der Waals surface area contributed by atoms with Crippen molar-refractivity contribution in [2.45, 2.75) is 6.92 Å². The maximum atomic E-state index is 12.0. The first-order valence-electron chi connectivity index (χ1n) is 6.59. The molecule has 0 aliphatic carbocycles. The number of aromatic carboxylic acids is 1. The summed E-state index contributed by atoms with van der Waals surface area (Å²) in [5.74, 6) is -0.976. The number of rotatable bonds is 5. The van der Waals surface area contributed by atoms with Crippen LogP contribution in [0.1, 0.15) is 15.9 Å². The van der Waals surface area contributed by atoms with Gasteiger partial charge in [0.05, 0.1) is 15.7 Å². The molecule has 2 rings (SSSR count). The van der Waals surface area contributed by atoms with E-state index in [0.717, 1.165) is 14.5 Å². The number of anilines is 1. The standard InChI is InChI=1S/C16H13Br2NO4/c1-9-6-10(17)7-12(18)15(9)23-8-14(20)19-13-5-3-2-4-11(13)16(21)22/h2-7H,8H2,1H3,(H,19,20)(H,21,22). The van der Waals surface area contributed by atoms with Gasteiger partial charge in [0.15, 0.2) is 6.61 Å². The van der Waals surface area contributed by atoms with Crippen molar-refractivity contribution in [1.29, 1.82) is 0 Å². The van der Waals surface area contributed by atoms with E-state index in [1.807, 2.05) is 19.1 Å². The number of hydrogen-bond donors (Lipinski definition) is 2. The maximum Gasteiger partial charge on any atom is 0.337 e. The molecular weight excluding hydrogens is 430 g/mol. The van der Waals surface area contributed by atoms with E-state index >= 15 is 0 Å². The van der Waals surface area contributed by atoms with Crippen LogP contribution in [0.2, 0.25) is 0 Å². The van der Waals surface area contributed by atoms with E-state index in [0.29, 0.717) is 5.75 Å². The number of carboxylic acids is 1. The lowest BCUT2D eigenvalue weighted by Crippen LogP contribution is -2.21. The van der Waals surface area contributed by atoms with Gasteiger partial charge in [-0.1, -0.05) is 28.1 Å². The van der Waals surface area contributed by atoms with E-state index in [1.54, 1.807) is 12.1 Å². The second-order valence-electron chi connectivity index (χ2n) is 4.72. The van der Waals surface area contributed by atoms with Crippen molar-refractivity contribution >= 4 is 49.4 Å². The number of amides is 1. The predicted octanol–water partition coefficient (Wildman–Crippen LogP) is 4.24. The smallest absolute Gasteiger partial charge is 0.337 e. The average Bonchev–Trinajstić information content (AvgIpc) is 2.46. The van der Waals surface area contributed by atoms with Crippen LogP contribution in [0.4, 0.5) is 5.69 Å². The fourth-order valence-electron chi connectivity index (χ4n) is 1.97. The van der Waals surface area contributed by atoms with Crippen molar-refractivity contribution in [2.24, 2.45) is 0 Å². The highest BCUT2D eigenvalue weighted by Gasteiger charge is 2.13. The summed E-state index contributed by atoms with van der Waals surface area (Å²) < 4.78 is 7.15. The fraction of sp³-hybridized carbons (Fsp3) is 0.125. The minimum absolute atomic E-state index is 0.0295. The van der Waals surface area contributed by atoms with E-state index in [4.69, 9.17) is 9.84 Å². The Bertz CT molecular complexity index is 738. The number of carboxylic acid groups (broad SMARTS) is 1. The molecule has 1 amide bonds. The molecule has 5 nitrogen and oxygen atoms in total. The van der Waals surface area contributed by atoms with Crippen LogP contribution in [-0.2, 0) is 4.79 Å². The third-order valence-corrected chi connectivity index (χ3v) is 4.02. The monoisotopic (exact) mass is 441 g/mol. The van der Waals surface area contributed by atoms with Crippen LogP contribution in [0, 0.1) is 6.92 Å². The number of para-hydroxylation sites is 1. The van der Waals surface area contributed by atoms with Gasteiger partial charge in [-0.15, -0.1) is 0 Å². The normalized spacial score (nSPS) is 10.2. The van der Waals surface area contributed by atoms with Crippen LogP contribution >= 0.6 is 31.9 Å². The summed E-state index contributed by atoms with van der Waals surface area (Å²) in [6.45, 7) is 1.64. The van der Waals surface area contributed by atoms with Gasteiger partial charge in [-0.2, -0.15) is 0 Å². The second kappa shape index (κ2) is 7.61. The molecule has 0 bridgehead atoms. The van der Waals surface area contributed by atoms with E-state index in [-0.39, 0.29) is 17.9 Å². The van der Waals surface area contributed by atoms with Gasteiger partial charge in [-0.3, -0.25) is 4.79 Å². The summed E-state index contributed by atoms with van der Waals surface area (Å²) in [7, 11) is 0. The van der Waals surface area contributed by atoms with Crippen LogP contribution in [-0.4, -0.2) is 23.6 Å². The molecule has 0 fully saturated rings. The first-order chi connectivity index (χ1) is 10.9. The molecule has 2 N–H and O–H groups in total. The van der Waals surface area contributed by atoms with Crippen LogP contribution in [0.15, 0.2) is 45.3 Å². The van der Waals surface area contributed by atoms with Crippen molar-refractivity contribution in [3.05, 3.63) is 56.5 Å². The number of benzene rings is 2. The molecule has 23 heavy (non-hydrogen) atoms. The van der Waals surface area contributed by atoms with E-state index in [9.17, 15) is 9.59 Å². The zero-order valence-corrected chi connectivity index (χ0v) is 15.3. The maximum absolute atomic E-state index is 12.0. The van der Waals surface area contributed by atoms with Gasteiger partial charge in [-0.05, 0) is 52.7 Å². The summed E-state index contributed by atoms with van der Waals surface area (Å²) in [6.07, 6.45) is 0. The minimum atomic E-state index is -1.10. The largest absolute Gasteiger partial charge is 0.482 e. The first-order valence-corrected chi connectivity index (χ1v) is 8.17. The number of hydrogen-bond acceptors (Lipinski definition) is 3. The van der Waals surface area contributed by atoms with Gasteiger partial charge in [0.1, 0.15) is 5.75 Å². The number of aryl methyl sites for hydroxylation is 1. The summed E-state index contributed by atoms with van der Waals surface area (Å²) in [6, 6.07) is 9.89. The molecule has 0 saturated heterocycles. The van der Waals surface area contributed by atoms with Gasteiger partial charge in [0.25, 0.3) is 5.91 Å². The number of carbonyl (C=O) groups is 2. The molecule has 0 radical (unpaired) electrons. The Balaban J connectivity index is 2.06. The van der Waals surface area contributed by atoms with Crippen LogP contribution in [0.3, 0.4) is 0 Å². The number of halogens is 2. The third-order valence-electron chi connectivity index (χ3n) is 2.97. The molecule has 2 aromatic rings. The average molecular weight is 443 g/mol. The Morgan fingerprint density at radius 2 is 1.91 bits per heavy atom. The summed E-state index contributed by atoms with van der Waals surface area (Å²) in [5, 5.41) is 11.6. The molecule has 0 heterocycles. The molecule has 0 aromatic heterocycles. The van der Waals surface area contributed by atoms with Crippen molar-refractivity contribution in [2.75, 3.05) is 11.9 Å². The number of ether oxygens (including phenoxy) is 1. The summed E-state index contributed by atoms with van der Waals surface area (Å²) in [5.41, 5.74) is 1.13. The van der Waals surface area contributed by atoms with Crippen molar-refractivity contribution < 1.29 is 19.4 Å². The zero-order valence-electron chi connectivity index (χ0n) is 12.1. The molecule has 0 spiro atoms. The predicted molar refractivity (Wildman–Crippen MR) is 94.1 cm³/mol. The third kappa shape index (κ3) is 4.56. The zero-order chi connectivity index (χ0) is 17.0. The summed E-state index contributed by atoms with van der Waals surface area (Å²) in [4.78, 5) is 23.1. The van der Waals surface area contributed by atoms with E-state index in [1.165, 1.54) is 12.1 Å². The molecule has 0 aliphatic heterocycles. The highest BCUT2D eigenvalue weighted by molar-refractivity contribution is 9.11. The van der Waals surface area contributed by atoms with Gasteiger partial charge < -0.3 is 15.2 Å². The van der Waals surface area contributed by atoms with Gasteiger partial charge in [0, 0.05) is 4.47 Å². The fourth-order valence-corrected chi connectivity index (χ4v) is 3.53. The Morgan fingerprint density at radius 3 is 2.57 bits per heavy atom. The highest BCUT2D eigenvalue weighted by Crippen LogP contribution is 2.32. The van der Waals surface area contributed by atoms with Crippen molar-refractivity contribution in [3.63, 3.8) is 0 Å². The Kier molecular flexibility index (Phi) is 5.79. The SMILES string of the molecule is Cc1cc(Br)cc(Br)c1OCC(=O)Nc1ccccc1C(=O)O. The number of nitrogens with one attached hydrogen (secondary N) is 1. The van der Waals surface area contributed by atoms with Gasteiger partial charge >= 0.3 is 5.97 Å². The van der Waals surface area contributed by atoms with E-state index < -0.39 is 11.9 Å². The van der Waals surface area contributed by atoms with Crippen molar-refractivity contribution in [3.8, 4) is 5.75 Å². The van der Waals surface area contributed by atoms with Gasteiger partial charge in [0.2, 0.25) is 0 Å². The Labute approximate surface area is 149 Å². The molecule has 0 aliphatic rings. The topological polar surface area (TPSA) is 75.6 Å². The molecule has 0 saturated carbocycles. The first kappa shape index (κ1) is 17.5. The minimum Gasteiger partial charge on any atom is -0.482 e. The van der Waals surface area contributed by atoms with Crippen LogP contribution < -0.4 is 10.1 Å². The van der Waals surface area contributed by atoms with Gasteiger partial charge in [-0.25, -0.2) is 4.79 Å². The lowest BCUT2D eigenvalue weighted by molar-refractivity contribution is -0.118.